The van der Waals surface area contributed by atoms with E-state index in [1.54, 1.807) is 24.3 Å². The van der Waals surface area contributed by atoms with Gasteiger partial charge < -0.3 is 25.0 Å². The maximum atomic E-state index is 13.3. The predicted octanol–water partition coefficient (Wildman–Crippen LogP) is 1.43. The molecule has 0 saturated carbocycles. The molecule has 0 aliphatic carbocycles. The highest BCUT2D eigenvalue weighted by molar-refractivity contribution is 8.01. The zero-order valence-electron chi connectivity index (χ0n) is 18.7. The molecule has 0 bridgehead atoms. The lowest BCUT2D eigenvalue weighted by atomic mass is 9.91. The lowest BCUT2D eigenvalue weighted by Crippen LogP contribution is -2.85. The van der Waals surface area contributed by atoms with E-state index in [0.29, 0.717) is 12.2 Å². The number of ether oxygens (including phenoxy) is 2. The van der Waals surface area contributed by atoms with Crippen molar-refractivity contribution in [2.75, 3.05) is 6.61 Å². The molecule has 0 unspecified atom stereocenters. The molecule has 2 saturated heterocycles. The minimum atomic E-state index is -1.67. The number of β-lactam (4-membered cyclic amide) rings is 1. The fourth-order valence-corrected chi connectivity index (χ4v) is 5.80. The van der Waals surface area contributed by atoms with Gasteiger partial charge in [-0.3, -0.25) is 14.4 Å². The molecule has 2 aromatic carbocycles. The van der Waals surface area contributed by atoms with E-state index in [0.717, 1.165) is 5.56 Å². The molecule has 178 valence electrons. The molecule has 2 aromatic rings. The van der Waals surface area contributed by atoms with Crippen LogP contribution >= 0.6 is 11.8 Å². The highest BCUT2D eigenvalue weighted by Gasteiger charge is 2.72. The van der Waals surface area contributed by atoms with Gasteiger partial charge in [-0.1, -0.05) is 48.5 Å². The van der Waals surface area contributed by atoms with Crippen LogP contribution in [0.4, 0.5) is 0 Å². The number of nitrogens with one attached hydrogen (secondary N) is 2. The van der Waals surface area contributed by atoms with Crippen molar-refractivity contribution in [1.82, 2.24) is 15.5 Å². The fraction of sp³-hybridized carbons (Fsp3) is 0.333. The number of carbonyl (C=O) groups excluding carboxylic acids is 4. The van der Waals surface area contributed by atoms with Crippen molar-refractivity contribution >= 4 is 36.0 Å². The third-order valence-corrected chi connectivity index (χ3v) is 7.37. The molecule has 2 aliphatic heterocycles. The van der Waals surface area contributed by atoms with Crippen molar-refractivity contribution in [2.45, 2.75) is 42.3 Å². The lowest BCUT2D eigenvalue weighted by molar-refractivity contribution is -0.174. The average molecular weight is 484 g/mol. The third kappa shape index (κ3) is 4.33. The summed E-state index contributed by atoms with van der Waals surface area (Å²) in [6, 6.07) is 17.1. The highest BCUT2D eigenvalue weighted by Crippen LogP contribution is 2.54. The highest BCUT2D eigenvalue weighted by atomic mass is 32.2. The lowest BCUT2D eigenvalue weighted by Gasteiger charge is -2.52. The van der Waals surface area contributed by atoms with Crippen LogP contribution in [0.25, 0.3) is 0 Å². The first kappa shape index (κ1) is 23.6. The molecule has 0 spiro atoms. The van der Waals surface area contributed by atoms with Crippen molar-refractivity contribution < 1.29 is 28.7 Å². The number of carbonyl (C=O) groups is 4. The minimum absolute atomic E-state index is 0.0783. The third-order valence-electron chi connectivity index (χ3n) is 5.73. The summed E-state index contributed by atoms with van der Waals surface area (Å²) in [4.78, 5) is 51.6. The Bertz CT molecular complexity index is 1080. The van der Waals surface area contributed by atoms with Crippen LogP contribution in [0.3, 0.4) is 0 Å². The van der Waals surface area contributed by atoms with Crippen molar-refractivity contribution in [1.29, 1.82) is 0 Å². The first-order valence-corrected chi connectivity index (χ1v) is 11.6. The van der Waals surface area contributed by atoms with Gasteiger partial charge in [0.1, 0.15) is 23.8 Å². The Balaban J connectivity index is 1.46. The van der Waals surface area contributed by atoms with Crippen molar-refractivity contribution in [3.05, 3.63) is 66.2 Å². The first-order valence-electron chi connectivity index (χ1n) is 10.7. The van der Waals surface area contributed by atoms with E-state index < -0.39 is 39.6 Å². The van der Waals surface area contributed by atoms with Gasteiger partial charge >= 0.3 is 5.97 Å². The number of nitrogens with zero attached hydrogens (tertiary/aromatic N) is 1. The molecule has 2 heterocycles. The predicted molar refractivity (Wildman–Crippen MR) is 124 cm³/mol. The zero-order chi connectivity index (χ0) is 24.3. The summed E-state index contributed by atoms with van der Waals surface area (Å²) in [5.41, 5.74) is -0.844. The summed E-state index contributed by atoms with van der Waals surface area (Å²) in [5.74, 6) is -1.22. The molecule has 3 amide bonds. The maximum Gasteiger partial charge on any atom is 0.330 e. The standard InChI is InChI=1S/C24H25N3O6S/c1-23(2)19(20(30)33-13-16-9-5-3-6-10-16)27-21(31)24(25-15-28,22(27)34-23)26-18(29)14-32-17-11-7-4-8-12-17/h3-12,15,19,22H,13-14H2,1-2H3,(H,25,28)(H,26,29)/t19-,22+,24+/m0/s1. The van der Waals surface area contributed by atoms with Crippen LogP contribution in [-0.4, -0.2) is 57.5 Å². The molecular weight excluding hydrogens is 458 g/mol. The van der Waals surface area contributed by atoms with Crippen LogP contribution in [0.5, 0.6) is 5.75 Å². The maximum absolute atomic E-state index is 13.3. The van der Waals surface area contributed by atoms with Gasteiger partial charge in [-0.25, -0.2) is 4.79 Å². The quantitative estimate of drug-likeness (QED) is 0.240. The second kappa shape index (κ2) is 9.38. The molecular formula is C24H25N3O6S. The van der Waals surface area contributed by atoms with Gasteiger partial charge in [-0.2, -0.15) is 0 Å². The number of esters is 1. The van der Waals surface area contributed by atoms with E-state index in [1.165, 1.54) is 16.7 Å². The van der Waals surface area contributed by atoms with Crippen LogP contribution in [0.1, 0.15) is 19.4 Å². The molecule has 2 aliphatic rings. The summed E-state index contributed by atoms with van der Waals surface area (Å²) < 4.78 is 10.2. The largest absolute Gasteiger partial charge is 0.484 e. The summed E-state index contributed by atoms with van der Waals surface area (Å²) in [6.07, 6.45) is 0.363. The van der Waals surface area contributed by atoms with Gasteiger partial charge in [-0.05, 0) is 31.5 Å². The Labute approximate surface area is 201 Å². The first-order chi connectivity index (χ1) is 16.3. The van der Waals surface area contributed by atoms with Gasteiger partial charge in [0.15, 0.2) is 6.61 Å². The van der Waals surface area contributed by atoms with Crippen molar-refractivity contribution in [2.24, 2.45) is 0 Å². The monoisotopic (exact) mass is 483 g/mol. The van der Waals surface area contributed by atoms with Crippen LogP contribution in [0, 0.1) is 0 Å². The minimum Gasteiger partial charge on any atom is -0.484 e. The number of fused-ring (bicyclic) bond motifs is 1. The Morgan fingerprint density at radius 2 is 1.74 bits per heavy atom. The number of amides is 3. The smallest absolute Gasteiger partial charge is 0.330 e. The fourth-order valence-electron chi connectivity index (χ4n) is 4.15. The Morgan fingerprint density at radius 3 is 2.38 bits per heavy atom. The molecule has 0 aromatic heterocycles. The summed E-state index contributed by atoms with van der Waals surface area (Å²) in [6.45, 7) is 3.38. The number of hydrogen-bond donors (Lipinski definition) is 2. The molecule has 4 rings (SSSR count). The molecule has 0 radical (unpaired) electrons. The molecule has 34 heavy (non-hydrogen) atoms. The van der Waals surface area contributed by atoms with Gasteiger partial charge in [0.2, 0.25) is 12.1 Å². The summed E-state index contributed by atoms with van der Waals surface area (Å²) in [5, 5.41) is 4.39. The summed E-state index contributed by atoms with van der Waals surface area (Å²) in [7, 11) is 0. The van der Waals surface area contributed by atoms with Crippen LogP contribution in [-0.2, 0) is 30.5 Å². The number of para-hydroxylation sites is 1. The molecule has 3 atom stereocenters. The van der Waals surface area contributed by atoms with Gasteiger partial charge in [0, 0.05) is 4.75 Å². The van der Waals surface area contributed by atoms with Crippen LogP contribution in [0.2, 0.25) is 0 Å². The van der Waals surface area contributed by atoms with E-state index >= 15 is 0 Å². The van der Waals surface area contributed by atoms with E-state index in [-0.39, 0.29) is 13.2 Å². The van der Waals surface area contributed by atoms with Crippen molar-refractivity contribution in [3.63, 3.8) is 0 Å². The Kier molecular flexibility index (Phi) is 6.52. The number of thioether (sulfide) groups is 1. The average Bonchev–Trinajstić information content (AvgIpc) is 3.11. The van der Waals surface area contributed by atoms with E-state index in [2.05, 4.69) is 10.6 Å². The van der Waals surface area contributed by atoms with E-state index in [9.17, 15) is 19.2 Å². The normalized spacial score (nSPS) is 24.4. The Hall–Kier alpha value is -3.53. The van der Waals surface area contributed by atoms with Crippen LogP contribution in [0.15, 0.2) is 60.7 Å². The van der Waals surface area contributed by atoms with Gasteiger partial charge in [-0.15, -0.1) is 11.8 Å². The molecule has 10 heteroatoms. The van der Waals surface area contributed by atoms with Crippen molar-refractivity contribution in [3.8, 4) is 5.75 Å². The van der Waals surface area contributed by atoms with E-state index in [1.807, 2.05) is 50.2 Å². The molecule has 2 N–H and O–H groups in total. The van der Waals surface area contributed by atoms with Crippen LogP contribution < -0.4 is 15.4 Å². The SMILES string of the molecule is CC1(C)S[C@H]2N(C(=O)[C@@]2(NC=O)NC(=O)COc2ccccc2)[C@H]1C(=O)OCc1ccccc1. The topological polar surface area (TPSA) is 114 Å². The summed E-state index contributed by atoms with van der Waals surface area (Å²) >= 11 is 1.31. The molecule has 2 fully saturated rings. The Morgan fingerprint density at radius 1 is 1.09 bits per heavy atom. The number of rotatable bonds is 9. The second-order valence-corrected chi connectivity index (χ2v) is 10.2. The number of hydrogen-bond acceptors (Lipinski definition) is 7. The molecule has 9 nitrogen and oxygen atoms in total. The van der Waals surface area contributed by atoms with E-state index in [4.69, 9.17) is 9.47 Å². The second-order valence-electron chi connectivity index (χ2n) is 8.50. The van der Waals surface area contributed by atoms with Gasteiger partial charge in [0.25, 0.3) is 11.8 Å². The van der Waals surface area contributed by atoms with Gasteiger partial charge in [0.05, 0.1) is 0 Å². The zero-order valence-corrected chi connectivity index (χ0v) is 19.5. The number of benzene rings is 2.